The fraction of sp³-hybridized carbons (Fsp3) is 0.118. The van der Waals surface area contributed by atoms with E-state index < -0.39 is 12.1 Å². The molecule has 0 fully saturated rings. The number of hydrogen-bond donors (Lipinski definition) is 1. The van der Waals surface area contributed by atoms with E-state index in [4.69, 9.17) is 9.26 Å². The number of alkyl carbamates (subject to hydrolysis) is 1. The molecule has 0 aliphatic carbocycles. The zero-order valence-electron chi connectivity index (χ0n) is 12.2. The minimum absolute atomic E-state index is 0.185. The lowest BCUT2D eigenvalue weighted by molar-refractivity contribution is 0.135. The minimum atomic E-state index is -0.585. The Hall–Kier alpha value is -3.15. The lowest BCUT2D eigenvalue weighted by Gasteiger charge is -2.15. The molecule has 0 saturated heterocycles. The molecule has 0 aliphatic rings. The van der Waals surface area contributed by atoms with Gasteiger partial charge in [-0.2, -0.15) is 4.98 Å². The average Bonchev–Trinajstić information content (AvgIpc) is 3.14. The van der Waals surface area contributed by atoms with Crippen LogP contribution in [0.4, 0.5) is 4.79 Å². The predicted molar refractivity (Wildman–Crippen MR) is 81.2 cm³/mol. The first-order valence-corrected chi connectivity index (χ1v) is 7.05. The molecule has 1 heterocycles. The van der Waals surface area contributed by atoms with Gasteiger partial charge in [-0.15, -0.1) is 0 Å². The summed E-state index contributed by atoms with van der Waals surface area (Å²) in [6.07, 6.45) is 1.78. The quantitative estimate of drug-likeness (QED) is 0.784. The second kappa shape index (κ2) is 7.22. The fourth-order valence-corrected chi connectivity index (χ4v) is 2.09. The van der Waals surface area contributed by atoms with Crippen molar-refractivity contribution in [3.05, 3.63) is 84.0 Å². The Bertz CT molecular complexity index is 730. The Balaban J connectivity index is 1.68. The fourth-order valence-electron chi connectivity index (χ4n) is 2.09. The number of ether oxygens (including phenoxy) is 1. The zero-order chi connectivity index (χ0) is 15.9. The van der Waals surface area contributed by atoms with E-state index in [2.05, 4.69) is 21.8 Å². The highest BCUT2D eigenvalue weighted by Crippen LogP contribution is 2.19. The summed E-state index contributed by atoms with van der Waals surface area (Å²) in [6, 6.07) is 18.2. The van der Waals surface area contributed by atoms with Crippen molar-refractivity contribution in [2.24, 2.45) is 0 Å². The van der Waals surface area contributed by atoms with Gasteiger partial charge < -0.3 is 14.6 Å². The van der Waals surface area contributed by atoms with E-state index in [0.717, 1.165) is 11.1 Å². The van der Waals surface area contributed by atoms with Crippen molar-refractivity contribution >= 4 is 6.09 Å². The Morgan fingerprint density at radius 2 is 1.83 bits per heavy atom. The van der Waals surface area contributed by atoms with Gasteiger partial charge in [-0.25, -0.2) is 4.79 Å². The molecule has 1 aromatic heterocycles. The molecular weight excluding hydrogens is 294 g/mol. The summed E-state index contributed by atoms with van der Waals surface area (Å²) in [6.45, 7) is 0.185. The van der Waals surface area contributed by atoms with Crippen molar-refractivity contribution < 1.29 is 14.1 Å². The predicted octanol–water partition coefficient (Wildman–Crippen LogP) is 2.89. The smallest absolute Gasteiger partial charge is 0.408 e. The maximum atomic E-state index is 12.1. The molecule has 1 atom stereocenters. The standard InChI is InChI=1S/C17H14N3O3/c21-17(22-11-13-7-3-1-4-8-13)20-15(16-18-12-19-23-16)14-9-5-2-6-10-14/h1-10,15H,11H2,(H,20,21). The molecule has 2 aromatic carbocycles. The molecular formula is C17H14N3O3. The van der Waals surface area contributed by atoms with Crippen LogP contribution in [0, 0.1) is 6.33 Å². The number of amides is 1. The normalized spacial score (nSPS) is 11.7. The minimum Gasteiger partial charge on any atom is -0.445 e. The summed E-state index contributed by atoms with van der Waals surface area (Å²) in [7, 11) is 0. The zero-order valence-corrected chi connectivity index (χ0v) is 12.2. The van der Waals surface area contributed by atoms with Crippen LogP contribution in [0.15, 0.2) is 65.2 Å². The molecule has 3 aromatic rings. The molecule has 0 spiro atoms. The van der Waals surface area contributed by atoms with Gasteiger partial charge in [0.2, 0.25) is 6.33 Å². The number of rotatable bonds is 5. The van der Waals surface area contributed by atoms with Crippen molar-refractivity contribution in [1.82, 2.24) is 15.5 Å². The maximum Gasteiger partial charge on any atom is 0.408 e. The van der Waals surface area contributed by atoms with E-state index in [0.29, 0.717) is 0 Å². The number of hydrogen-bond acceptors (Lipinski definition) is 5. The first kappa shape index (κ1) is 14.8. The van der Waals surface area contributed by atoms with Gasteiger partial charge in [0.15, 0.2) is 0 Å². The Kier molecular flexibility index (Phi) is 4.63. The molecule has 3 rings (SSSR count). The molecule has 1 N–H and O–H groups in total. The van der Waals surface area contributed by atoms with Gasteiger partial charge in [0.1, 0.15) is 12.6 Å². The molecule has 6 nitrogen and oxygen atoms in total. The Labute approximate surface area is 133 Å². The number of carbonyl (C=O) groups is 1. The third-order valence-electron chi connectivity index (χ3n) is 3.19. The average molecular weight is 308 g/mol. The van der Waals surface area contributed by atoms with Crippen LogP contribution in [0.2, 0.25) is 0 Å². The molecule has 0 saturated carbocycles. The summed E-state index contributed by atoms with van der Waals surface area (Å²) < 4.78 is 10.3. The van der Waals surface area contributed by atoms with Crippen molar-refractivity contribution in [3.8, 4) is 0 Å². The third kappa shape index (κ3) is 3.94. The second-order valence-corrected chi connectivity index (χ2v) is 4.78. The molecule has 1 radical (unpaired) electrons. The highest BCUT2D eigenvalue weighted by atomic mass is 16.5. The van der Waals surface area contributed by atoms with Crippen molar-refractivity contribution in [2.75, 3.05) is 0 Å². The highest BCUT2D eigenvalue weighted by Gasteiger charge is 2.22. The van der Waals surface area contributed by atoms with Gasteiger partial charge >= 0.3 is 6.09 Å². The largest absolute Gasteiger partial charge is 0.445 e. The molecule has 1 amide bonds. The van der Waals surface area contributed by atoms with E-state index in [1.54, 1.807) is 0 Å². The van der Waals surface area contributed by atoms with Gasteiger partial charge in [0.05, 0.1) is 0 Å². The number of nitrogens with one attached hydrogen (secondary N) is 1. The van der Waals surface area contributed by atoms with Gasteiger partial charge in [0, 0.05) is 0 Å². The molecule has 23 heavy (non-hydrogen) atoms. The Morgan fingerprint density at radius 3 is 2.48 bits per heavy atom. The number of nitrogens with zero attached hydrogens (tertiary/aromatic N) is 2. The number of carbonyl (C=O) groups excluding carboxylic acids is 1. The summed E-state index contributed by atoms with van der Waals surface area (Å²) in [5.74, 6) is 0.243. The van der Waals surface area contributed by atoms with E-state index in [9.17, 15) is 4.79 Å². The van der Waals surface area contributed by atoms with Crippen LogP contribution in [-0.4, -0.2) is 16.2 Å². The first-order chi connectivity index (χ1) is 11.3. The van der Waals surface area contributed by atoms with Crippen LogP contribution in [0.25, 0.3) is 0 Å². The number of aromatic nitrogens is 2. The van der Waals surface area contributed by atoms with Gasteiger partial charge in [-0.3, -0.25) is 0 Å². The van der Waals surface area contributed by atoms with E-state index >= 15 is 0 Å². The van der Waals surface area contributed by atoms with Crippen LogP contribution in [-0.2, 0) is 11.3 Å². The van der Waals surface area contributed by atoms with Crippen LogP contribution in [0.1, 0.15) is 23.1 Å². The third-order valence-corrected chi connectivity index (χ3v) is 3.19. The van der Waals surface area contributed by atoms with Crippen molar-refractivity contribution in [2.45, 2.75) is 12.6 Å². The van der Waals surface area contributed by atoms with Crippen molar-refractivity contribution in [3.63, 3.8) is 0 Å². The maximum absolute atomic E-state index is 12.1. The van der Waals surface area contributed by atoms with Crippen LogP contribution < -0.4 is 5.32 Å². The summed E-state index contributed by atoms with van der Waals surface area (Å²) in [5, 5.41) is 6.19. The summed E-state index contributed by atoms with van der Waals surface area (Å²) in [4.78, 5) is 16.0. The van der Waals surface area contributed by atoms with Crippen LogP contribution in [0.3, 0.4) is 0 Å². The van der Waals surface area contributed by atoms with Gasteiger partial charge in [-0.1, -0.05) is 65.8 Å². The van der Waals surface area contributed by atoms with E-state index in [1.807, 2.05) is 60.7 Å². The second-order valence-electron chi connectivity index (χ2n) is 4.78. The summed E-state index contributed by atoms with van der Waals surface area (Å²) in [5.41, 5.74) is 1.71. The number of benzene rings is 2. The van der Waals surface area contributed by atoms with Crippen LogP contribution in [0.5, 0.6) is 0 Å². The topological polar surface area (TPSA) is 77.3 Å². The SMILES string of the molecule is O=C(NC(c1ccccc1)c1n[c]no1)OCc1ccccc1. The van der Waals surface area contributed by atoms with E-state index in [1.165, 1.54) is 0 Å². The van der Waals surface area contributed by atoms with E-state index in [-0.39, 0.29) is 12.5 Å². The molecule has 1 unspecified atom stereocenters. The highest BCUT2D eigenvalue weighted by molar-refractivity contribution is 5.68. The monoisotopic (exact) mass is 308 g/mol. The van der Waals surface area contributed by atoms with Crippen LogP contribution >= 0.6 is 0 Å². The van der Waals surface area contributed by atoms with Gasteiger partial charge in [-0.05, 0) is 11.1 Å². The first-order valence-electron chi connectivity index (χ1n) is 7.05. The molecule has 0 bridgehead atoms. The lowest BCUT2D eigenvalue weighted by atomic mass is 10.1. The lowest BCUT2D eigenvalue weighted by Crippen LogP contribution is -2.30. The Morgan fingerprint density at radius 1 is 1.13 bits per heavy atom. The van der Waals surface area contributed by atoms with Crippen molar-refractivity contribution in [1.29, 1.82) is 0 Å². The summed E-state index contributed by atoms with van der Waals surface area (Å²) >= 11 is 0. The molecule has 0 aliphatic heterocycles. The molecule has 115 valence electrons. The molecule has 6 heteroatoms. The van der Waals surface area contributed by atoms with Gasteiger partial charge in [0.25, 0.3) is 5.89 Å².